The first-order valence-electron chi connectivity index (χ1n) is 7.92. The number of hydrogen-bond acceptors (Lipinski definition) is 2. The molecule has 2 aromatic rings. The maximum absolute atomic E-state index is 13.0. The molecular weight excluding hydrogens is 316 g/mol. The van der Waals surface area contributed by atoms with Crippen LogP contribution < -0.4 is 9.61 Å². The van der Waals surface area contributed by atoms with Crippen molar-refractivity contribution in [3.63, 3.8) is 0 Å². The van der Waals surface area contributed by atoms with Crippen LogP contribution in [0.1, 0.15) is 21.5 Å². The van der Waals surface area contributed by atoms with E-state index in [4.69, 9.17) is 4.43 Å². The van der Waals surface area contributed by atoms with E-state index in [0.717, 1.165) is 11.3 Å². The predicted molar refractivity (Wildman–Crippen MR) is 102 cm³/mol. The molecule has 0 saturated carbocycles. The van der Waals surface area contributed by atoms with Gasteiger partial charge in [-0.3, -0.25) is 4.79 Å². The summed E-state index contributed by atoms with van der Waals surface area (Å²) < 4.78 is 6.02. The molecular formula is C19H25O2Si2. The summed E-state index contributed by atoms with van der Waals surface area (Å²) in [5.74, 6) is 0.884. The third-order valence-corrected chi connectivity index (χ3v) is 5.82. The Morgan fingerprint density at radius 1 is 1.04 bits per heavy atom. The zero-order valence-corrected chi connectivity index (χ0v) is 16.9. The zero-order chi connectivity index (χ0) is 17.2. The molecule has 121 valence electrons. The summed E-state index contributed by atoms with van der Waals surface area (Å²) in [6, 6.07) is 13.7. The Hall–Kier alpha value is -1.66. The van der Waals surface area contributed by atoms with Crippen LogP contribution in [0.3, 0.4) is 0 Å². The number of carbonyl (C=O) groups excluding carboxylic acids is 1. The minimum absolute atomic E-state index is 0.0900. The maximum Gasteiger partial charge on any atom is 0.242 e. The minimum atomic E-state index is -1.68. The number of hydrogen-bond donors (Lipinski definition) is 0. The van der Waals surface area contributed by atoms with E-state index < -0.39 is 17.1 Å². The number of aryl methyl sites for hydroxylation is 1. The molecule has 2 nitrogen and oxygen atoms in total. The summed E-state index contributed by atoms with van der Waals surface area (Å²) >= 11 is 0. The SMILES string of the molecule is Cc1ccc(C(=O)c2cccc(O[Si](C)(C)C)c2)c([Si](C)C)c1. The number of ketones is 1. The largest absolute Gasteiger partial charge is 0.544 e. The van der Waals surface area contributed by atoms with Crippen molar-refractivity contribution < 1.29 is 9.22 Å². The standard InChI is InChI=1S/C19H25O2Si2/c1-14-10-11-17(18(12-14)22(2)3)19(20)15-8-7-9-16(13-15)21-23(4,5)6/h7-13H,1-6H3. The Bertz CT molecular complexity index is 716. The van der Waals surface area contributed by atoms with Crippen LogP contribution in [0.4, 0.5) is 0 Å². The van der Waals surface area contributed by atoms with Crippen molar-refractivity contribution in [1.29, 1.82) is 0 Å². The van der Waals surface area contributed by atoms with Gasteiger partial charge in [-0.1, -0.05) is 54.2 Å². The highest BCUT2D eigenvalue weighted by Crippen LogP contribution is 2.20. The third kappa shape index (κ3) is 4.66. The van der Waals surface area contributed by atoms with Crippen LogP contribution in [-0.4, -0.2) is 22.9 Å². The zero-order valence-electron chi connectivity index (χ0n) is 14.9. The fourth-order valence-corrected chi connectivity index (χ4v) is 4.57. The van der Waals surface area contributed by atoms with Crippen LogP contribution in [0.25, 0.3) is 0 Å². The lowest BCUT2D eigenvalue weighted by atomic mass is 10.0. The molecule has 0 heterocycles. The molecule has 2 rings (SSSR count). The van der Waals surface area contributed by atoms with Crippen molar-refractivity contribution >= 4 is 28.1 Å². The number of rotatable bonds is 5. The average molecular weight is 342 g/mol. The van der Waals surface area contributed by atoms with E-state index in [9.17, 15) is 4.79 Å². The Kier molecular flexibility index (Phi) is 5.27. The second-order valence-corrected chi connectivity index (χ2v) is 14.1. The van der Waals surface area contributed by atoms with Crippen LogP contribution in [0.2, 0.25) is 32.7 Å². The lowest BCUT2D eigenvalue weighted by molar-refractivity contribution is 0.103. The molecule has 0 saturated heterocycles. The lowest BCUT2D eigenvalue weighted by Gasteiger charge is -2.19. The Morgan fingerprint density at radius 3 is 2.35 bits per heavy atom. The molecule has 0 bridgehead atoms. The van der Waals surface area contributed by atoms with Crippen molar-refractivity contribution in [3.8, 4) is 5.75 Å². The second-order valence-electron chi connectivity index (χ2n) is 7.12. The monoisotopic (exact) mass is 341 g/mol. The van der Waals surface area contributed by atoms with Crippen molar-refractivity contribution in [1.82, 2.24) is 0 Å². The molecule has 0 N–H and O–H groups in total. The average Bonchev–Trinajstić information content (AvgIpc) is 2.45. The highest BCUT2D eigenvalue weighted by Gasteiger charge is 2.19. The van der Waals surface area contributed by atoms with Crippen LogP contribution in [0.5, 0.6) is 5.75 Å². The summed E-state index contributed by atoms with van der Waals surface area (Å²) in [6.45, 7) is 12.9. The smallest absolute Gasteiger partial charge is 0.242 e. The fraction of sp³-hybridized carbons (Fsp3) is 0.316. The molecule has 4 heteroatoms. The quantitative estimate of drug-likeness (QED) is 0.595. The van der Waals surface area contributed by atoms with E-state index in [1.165, 1.54) is 10.8 Å². The van der Waals surface area contributed by atoms with Crippen LogP contribution >= 0.6 is 0 Å². The second kappa shape index (κ2) is 6.85. The van der Waals surface area contributed by atoms with Gasteiger partial charge in [-0.05, 0) is 38.7 Å². The molecule has 0 aliphatic carbocycles. The van der Waals surface area contributed by atoms with E-state index in [0.29, 0.717) is 5.56 Å². The van der Waals surface area contributed by atoms with Gasteiger partial charge in [0.15, 0.2) is 5.78 Å². The highest BCUT2D eigenvalue weighted by molar-refractivity contribution is 6.72. The first-order chi connectivity index (χ1) is 10.7. The van der Waals surface area contributed by atoms with Crippen molar-refractivity contribution in [2.24, 2.45) is 0 Å². The van der Waals surface area contributed by atoms with E-state index in [-0.39, 0.29) is 5.78 Å². The molecule has 0 fully saturated rings. The van der Waals surface area contributed by atoms with Gasteiger partial charge < -0.3 is 4.43 Å². The third-order valence-electron chi connectivity index (χ3n) is 3.48. The number of benzene rings is 2. The van der Waals surface area contributed by atoms with Crippen molar-refractivity contribution in [2.45, 2.75) is 39.7 Å². The highest BCUT2D eigenvalue weighted by atomic mass is 28.4. The predicted octanol–water partition coefficient (Wildman–Crippen LogP) is 4.40. The molecule has 0 atom stereocenters. The molecule has 0 aromatic heterocycles. The van der Waals surface area contributed by atoms with Gasteiger partial charge in [-0.2, -0.15) is 0 Å². The Balaban J connectivity index is 2.40. The molecule has 1 radical (unpaired) electrons. The molecule has 0 aliphatic heterocycles. The molecule has 0 amide bonds. The summed E-state index contributed by atoms with van der Waals surface area (Å²) in [4.78, 5) is 13.0. The fourth-order valence-electron chi connectivity index (χ4n) is 2.48. The maximum atomic E-state index is 13.0. The van der Waals surface area contributed by atoms with Gasteiger partial charge in [-0.15, -0.1) is 0 Å². The topological polar surface area (TPSA) is 26.3 Å². The first-order valence-corrected chi connectivity index (χ1v) is 13.8. The van der Waals surface area contributed by atoms with Crippen LogP contribution in [0.15, 0.2) is 42.5 Å². The summed E-state index contributed by atoms with van der Waals surface area (Å²) in [5.41, 5.74) is 2.74. The molecule has 0 unspecified atom stereocenters. The first kappa shape index (κ1) is 17.7. The van der Waals surface area contributed by atoms with Gasteiger partial charge >= 0.3 is 0 Å². The van der Waals surface area contributed by atoms with Gasteiger partial charge in [-0.25, -0.2) is 0 Å². The van der Waals surface area contributed by atoms with Gasteiger partial charge in [0.05, 0.1) is 8.80 Å². The molecule has 23 heavy (non-hydrogen) atoms. The van der Waals surface area contributed by atoms with Gasteiger partial charge in [0.2, 0.25) is 8.32 Å². The van der Waals surface area contributed by atoms with E-state index in [2.05, 4.69) is 45.7 Å². The van der Waals surface area contributed by atoms with Crippen LogP contribution in [0, 0.1) is 6.92 Å². The van der Waals surface area contributed by atoms with Gasteiger partial charge in [0, 0.05) is 11.1 Å². The van der Waals surface area contributed by atoms with E-state index in [1.807, 2.05) is 36.4 Å². The van der Waals surface area contributed by atoms with Gasteiger partial charge in [0.1, 0.15) is 5.75 Å². The summed E-state index contributed by atoms with van der Waals surface area (Å²) in [7, 11) is -2.38. The van der Waals surface area contributed by atoms with E-state index in [1.54, 1.807) is 0 Å². The van der Waals surface area contributed by atoms with Crippen LogP contribution in [-0.2, 0) is 0 Å². The van der Waals surface area contributed by atoms with E-state index >= 15 is 0 Å². The Labute approximate surface area is 142 Å². The normalized spacial score (nSPS) is 11.6. The molecule has 2 aromatic carbocycles. The Morgan fingerprint density at radius 2 is 1.74 bits per heavy atom. The van der Waals surface area contributed by atoms with Crippen molar-refractivity contribution in [2.75, 3.05) is 0 Å². The van der Waals surface area contributed by atoms with Crippen molar-refractivity contribution in [3.05, 3.63) is 59.2 Å². The summed E-state index contributed by atoms with van der Waals surface area (Å²) in [6.07, 6.45) is 0. The molecule has 0 aliphatic rings. The molecule has 0 spiro atoms. The lowest BCUT2D eigenvalue weighted by Crippen LogP contribution is -2.30. The van der Waals surface area contributed by atoms with Gasteiger partial charge in [0.25, 0.3) is 0 Å². The summed E-state index contributed by atoms with van der Waals surface area (Å²) in [5, 5.41) is 1.21. The minimum Gasteiger partial charge on any atom is -0.544 e. The number of carbonyl (C=O) groups is 1.